The molecular formula is C15H21Cl2NO. The van der Waals surface area contributed by atoms with Gasteiger partial charge in [0.1, 0.15) is 0 Å². The Morgan fingerprint density at radius 3 is 2.68 bits per heavy atom. The van der Waals surface area contributed by atoms with Gasteiger partial charge >= 0.3 is 0 Å². The van der Waals surface area contributed by atoms with Crippen molar-refractivity contribution in [1.82, 2.24) is 5.32 Å². The lowest BCUT2D eigenvalue weighted by Gasteiger charge is -2.32. The van der Waals surface area contributed by atoms with Gasteiger partial charge in [-0.3, -0.25) is 0 Å². The lowest BCUT2D eigenvalue weighted by molar-refractivity contribution is 0.0844. The third-order valence-corrected chi connectivity index (χ3v) is 4.45. The molecule has 1 aromatic carbocycles. The molecule has 0 amide bonds. The second-order valence-electron chi connectivity index (χ2n) is 5.25. The molecule has 1 fully saturated rings. The van der Waals surface area contributed by atoms with E-state index in [-0.39, 0.29) is 18.2 Å². The van der Waals surface area contributed by atoms with Crippen LogP contribution in [0.25, 0.3) is 0 Å². The number of hydrogen-bond acceptors (Lipinski definition) is 2. The Labute approximate surface area is 125 Å². The number of nitrogens with one attached hydrogen (secondary N) is 1. The first-order valence-electron chi connectivity index (χ1n) is 7.01. The lowest BCUT2D eigenvalue weighted by Crippen LogP contribution is -2.43. The summed E-state index contributed by atoms with van der Waals surface area (Å²) in [4.78, 5) is 0. The van der Waals surface area contributed by atoms with E-state index in [1.54, 1.807) is 6.07 Å². The van der Waals surface area contributed by atoms with Crippen LogP contribution >= 0.6 is 23.2 Å². The predicted molar refractivity (Wildman–Crippen MR) is 80.9 cm³/mol. The molecule has 1 aliphatic rings. The summed E-state index contributed by atoms with van der Waals surface area (Å²) < 4.78 is 0. The predicted octanol–water partition coefficient (Wildman–Crippen LogP) is 4.34. The monoisotopic (exact) mass is 301 g/mol. The Hall–Kier alpha value is -0.280. The summed E-state index contributed by atoms with van der Waals surface area (Å²) in [5, 5.41) is 15.0. The van der Waals surface area contributed by atoms with Crippen molar-refractivity contribution in [3.05, 3.63) is 33.8 Å². The maximum Gasteiger partial charge on any atom is 0.0693 e. The van der Waals surface area contributed by atoms with E-state index in [9.17, 15) is 5.11 Å². The molecule has 4 heteroatoms. The lowest BCUT2D eigenvalue weighted by atomic mass is 9.91. The molecule has 0 heterocycles. The van der Waals surface area contributed by atoms with E-state index < -0.39 is 0 Å². The highest BCUT2D eigenvalue weighted by atomic mass is 35.5. The first-order valence-corrected chi connectivity index (χ1v) is 7.76. The summed E-state index contributed by atoms with van der Waals surface area (Å²) in [7, 11) is 0. The average Bonchev–Trinajstić information content (AvgIpc) is 2.39. The summed E-state index contributed by atoms with van der Waals surface area (Å²) in [6, 6.07) is 5.96. The third-order valence-electron chi connectivity index (χ3n) is 3.89. The Bertz CT molecular complexity index is 425. The van der Waals surface area contributed by atoms with Crippen molar-refractivity contribution < 1.29 is 5.11 Å². The standard InChI is InChI=1S/C15H21Cl2NO/c1-2-13(11-8-7-10(16)9-12(11)17)18-14-5-3-4-6-15(14)19/h7-9,13-15,18-19H,2-6H2,1H3. The van der Waals surface area contributed by atoms with Crippen LogP contribution in [0.5, 0.6) is 0 Å². The molecule has 19 heavy (non-hydrogen) atoms. The zero-order valence-corrected chi connectivity index (χ0v) is 12.7. The number of benzene rings is 1. The van der Waals surface area contributed by atoms with E-state index >= 15 is 0 Å². The average molecular weight is 302 g/mol. The maximum absolute atomic E-state index is 10.1. The van der Waals surface area contributed by atoms with Gasteiger partial charge in [0.2, 0.25) is 0 Å². The van der Waals surface area contributed by atoms with Gasteiger partial charge in [-0.2, -0.15) is 0 Å². The molecule has 0 bridgehead atoms. The first-order chi connectivity index (χ1) is 9.11. The highest BCUT2D eigenvalue weighted by Gasteiger charge is 2.26. The molecule has 0 aliphatic heterocycles. The van der Waals surface area contributed by atoms with Gasteiger partial charge in [-0.25, -0.2) is 0 Å². The van der Waals surface area contributed by atoms with Gasteiger partial charge in [0, 0.05) is 22.1 Å². The number of halogens is 2. The molecule has 1 aliphatic carbocycles. The van der Waals surface area contributed by atoms with E-state index in [4.69, 9.17) is 23.2 Å². The molecule has 2 N–H and O–H groups in total. The van der Waals surface area contributed by atoms with Gasteiger partial charge in [0.15, 0.2) is 0 Å². The fraction of sp³-hybridized carbons (Fsp3) is 0.600. The van der Waals surface area contributed by atoms with E-state index in [1.165, 1.54) is 6.42 Å². The molecule has 0 aromatic heterocycles. The molecular weight excluding hydrogens is 281 g/mol. The number of hydrogen-bond donors (Lipinski definition) is 2. The fourth-order valence-corrected chi connectivity index (χ4v) is 3.32. The number of aliphatic hydroxyl groups excluding tert-OH is 1. The highest BCUT2D eigenvalue weighted by molar-refractivity contribution is 6.35. The van der Waals surface area contributed by atoms with Crippen LogP contribution in [-0.4, -0.2) is 17.3 Å². The zero-order chi connectivity index (χ0) is 13.8. The van der Waals surface area contributed by atoms with Crippen molar-refractivity contribution in [3.8, 4) is 0 Å². The number of rotatable bonds is 4. The number of aliphatic hydroxyl groups is 1. The van der Waals surface area contributed by atoms with Crippen LogP contribution in [0.2, 0.25) is 10.0 Å². The van der Waals surface area contributed by atoms with Gasteiger partial charge < -0.3 is 10.4 Å². The summed E-state index contributed by atoms with van der Waals surface area (Å²) in [6.07, 6.45) is 4.92. The third kappa shape index (κ3) is 3.85. The largest absolute Gasteiger partial charge is 0.392 e. The minimum atomic E-state index is -0.242. The van der Waals surface area contributed by atoms with Crippen molar-refractivity contribution in [1.29, 1.82) is 0 Å². The molecule has 3 atom stereocenters. The van der Waals surface area contributed by atoms with E-state index in [2.05, 4.69) is 12.2 Å². The van der Waals surface area contributed by atoms with Crippen molar-refractivity contribution in [2.75, 3.05) is 0 Å². The summed E-state index contributed by atoms with van der Waals surface area (Å²) >= 11 is 12.2. The van der Waals surface area contributed by atoms with Gasteiger partial charge in [0.25, 0.3) is 0 Å². The quantitative estimate of drug-likeness (QED) is 0.867. The fourth-order valence-electron chi connectivity index (χ4n) is 2.78. The molecule has 1 saturated carbocycles. The Morgan fingerprint density at radius 2 is 2.05 bits per heavy atom. The highest BCUT2D eigenvalue weighted by Crippen LogP contribution is 2.30. The topological polar surface area (TPSA) is 32.3 Å². The molecule has 0 spiro atoms. The Kier molecular flexibility index (Phi) is 5.52. The maximum atomic E-state index is 10.1. The molecule has 2 nitrogen and oxygen atoms in total. The minimum Gasteiger partial charge on any atom is -0.392 e. The molecule has 2 rings (SSSR count). The van der Waals surface area contributed by atoms with Crippen molar-refractivity contribution >= 4 is 23.2 Å². The molecule has 1 aromatic rings. The summed E-state index contributed by atoms with van der Waals surface area (Å²) in [5.41, 5.74) is 1.06. The Balaban J connectivity index is 2.10. The molecule has 3 unspecified atom stereocenters. The van der Waals surface area contributed by atoms with Crippen LogP contribution in [0, 0.1) is 0 Å². The van der Waals surface area contributed by atoms with E-state index in [0.29, 0.717) is 10.0 Å². The molecule has 106 valence electrons. The van der Waals surface area contributed by atoms with Crippen LogP contribution in [0.4, 0.5) is 0 Å². The van der Waals surface area contributed by atoms with Crippen molar-refractivity contribution in [2.45, 2.75) is 57.2 Å². The normalized spacial score (nSPS) is 25.3. The van der Waals surface area contributed by atoms with Gasteiger partial charge in [-0.05, 0) is 37.0 Å². The molecule has 0 saturated heterocycles. The zero-order valence-electron chi connectivity index (χ0n) is 11.2. The first kappa shape index (κ1) is 15.1. The van der Waals surface area contributed by atoms with Crippen LogP contribution in [-0.2, 0) is 0 Å². The van der Waals surface area contributed by atoms with Gasteiger partial charge in [0.05, 0.1) is 6.10 Å². The Morgan fingerprint density at radius 1 is 1.32 bits per heavy atom. The van der Waals surface area contributed by atoms with Gasteiger partial charge in [-0.15, -0.1) is 0 Å². The van der Waals surface area contributed by atoms with Gasteiger partial charge in [-0.1, -0.05) is 49.0 Å². The second kappa shape index (κ2) is 6.94. The van der Waals surface area contributed by atoms with Crippen LogP contribution < -0.4 is 5.32 Å². The summed E-state index contributed by atoms with van der Waals surface area (Å²) in [6.45, 7) is 2.12. The second-order valence-corrected chi connectivity index (χ2v) is 6.10. The smallest absolute Gasteiger partial charge is 0.0693 e. The van der Waals surface area contributed by atoms with Crippen molar-refractivity contribution in [2.24, 2.45) is 0 Å². The van der Waals surface area contributed by atoms with Crippen molar-refractivity contribution in [3.63, 3.8) is 0 Å². The van der Waals surface area contributed by atoms with Crippen LogP contribution in [0.15, 0.2) is 18.2 Å². The van der Waals surface area contributed by atoms with E-state index in [0.717, 1.165) is 31.2 Å². The minimum absolute atomic E-state index is 0.169. The SMILES string of the molecule is CCC(NC1CCCCC1O)c1ccc(Cl)cc1Cl. The van der Waals surface area contributed by atoms with Crippen LogP contribution in [0.3, 0.4) is 0 Å². The molecule has 0 radical (unpaired) electrons. The van der Waals surface area contributed by atoms with Crippen LogP contribution in [0.1, 0.15) is 50.6 Å². The summed E-state index contributed by atoms with van der Waals surface area (Å²) in [5.74, 6) is 0. The van der Waals surface area contributed by atoms with E-state index in [1.807, 2.05) is 12.1 Å².